The zero-order valence-corrected chi connectivity index (χ0v) is 20.4. The van der Waals surface area contributed by atoms with Crippen LogP contribution in [0.25, 0.3) is 16.0 Å². The van der Waals surface area contributed by atoms with Crippen molar-refractivity contribution in [3.63, 3.8) is 0 Å². The van der Waals surface area contributed by atoms with Gasteiger partial charge in [-0.1, -0.05) is 69.9 Å². The van der Waals surface area contributed by atoms with E-state index >= 15 is 0 Å². The average molecular weight is 452 g/mol. The van der Waals surface area contributed by atoms with E-state index in [4.69, 9.17) is 0 Å². The molecule has 0 unspecified atom stereocenters. The van der Waals surface area contributed by atoms with Gasteiger partial charge in [0.1, 0.15) is 4.88 Å². The summed E-state index contributed by atoms with van der Waals surface area (Å²) in [5.41, 5.74) is 4.98. The first kappa shape index (κ1) is 23.3. The quantitative estimate of drug-likeness (QED) is 0.420. The molecule has 1 saturated carbocycles. The molecular weight excluding hydrogens is 414 g/mol. The fraction of sp³-hybridized carbons (Fsp3) is 0.536. The molecule has 2 aromatic rings. The number of nitrogens with zero attached hydrogens (tertiary/aromatic N) is 1. The summed E-state index contributed by atoms with van der Waals surface area (Å²) in [6.07, 6.45) is 9.86. The molecule has 0 atom stereocenters. The van der Waals surface area contributed by atoms with Crippen LogP contribution in [0.4, 0.5) is 0 Å². The number of thiophene rings is 1. The second kappa shape index (κ2) is 10.8. The maximum Gasteiger partial charge on any atom is 0.346 e. The third kappa shape index (κ3) is 5.35. The van der Waals surface area contributed by atoms with Crippen molar-refractivity contribution in [2.75, 3.05) is 19.6 Å². The first-order chi connectivity index (χ1) is 15.6. The molecule has 1 fully saturated rings. The first-order valence-corrected chi connectivity index (χ1v) is 13.3. The highest BCUT2D eigenvalue weighted by Gasteiger charge is 2.31. The maximum absolute atomic E-state index is 12.3. The Kier molecular flexibility index (Phi) is 7.85. The Bertz CT molecular complexity index is 938. The van der Waals surface area contributed by atoms with Gasteiger partial charge >= 0.3 is 5.97 Å². The van der Waals surface area contributed by atoms with Crippen LogP contribution < -0.4 is 0 Å². The normalized spacial score (nSPS) is 22.3. The van der Waals surface area contributed by atoms with Crippen molar-refractivity contribution in [1.29, 1.82) is 0 Å². The molecule has 1 aromatic carbocycles. The summed E-state index contributed by atoms with van der Waals surface area (Å²) in [6, 6.07) is 12.4. The highest BCUT2D eigenvalue weighted by Crippen LogP contribution is 2.43. The third-order valence-corrected chi connectivity index (χ3v) is 8.53. The van der Waals surface area contributed by atoms with Crippen LogP contribution in [0, 0.1) is 11.8 Å². The van der Waals surface area contributed by atoms with Gasteiger partial charge in [-0.2, -0.15) is 0 Å². The maximum atomic E-state index is 12.3. The van der Waals surface area contributed by atoms with Crippen molar-refractivity contribution in [2.24, 2.45) is 11.8 Å². The molecule has 0 amide bonds. The second-order valence-electron chi connectivity index (χ2n) is 9.72. The van der Waals surface area contributed by atoms with Gasteiger partial charge in [-0.05, 0) is 66.8 Å². The molecule has 1 aliphatic heterocycles. The summed E-state index contributed by atoms with van der Waals surface area (Å²) in [7, 11) is 0. The van der Waals surface area contributed by atoms with Crippen molar-refractivity contribution in [1.82, 2.24) is 4.90 Å². The largest absolute Gasteiger partial charge is 0.477 e. The zero-order valence-electron chi connectivity index (χ0n) is 19.6. The molecule has 2 heterocycles. The van der Waals surface area contributed by atoms with Crippen LogP contribution in [0.15, 0.2) is 42.0 Å². The van der Waals surface area contributed by atoms with Gasteiger partial charge in [0.25, 0.3) is 0 Å². The predicted molar refractivity (Wildman–Crippen MR) is 135 cm³/mol. The fourth-order valence-corrected chi connectivity index (χ4v) is 6.46. The lowest BCUT2D eigenvalue weighted by Gasteiger charge is -2.37. The summed E-state index contributed by atoms with van der Waals surface area (Å²) in [6.45, 7) is 7.86. The van der Waals surface area contributed by atoms with E-state index in [0.29, 0.717) is 10.8 Å². The Morgan fingerprint density at radius 2 is 1.88 bits per heavy atom. The molecular formula is C28H37NO2S. The Morgan fingerprint density at radius 1 is 1.12 bits per heavy atom. The summed E-state index contributed by atoms with van der Waals surface area (Å²) < 4.78 is 0. The predicted octanol–water partition coefficient (Wildman–Crippen LogP) is 7.59. The molecule has 3 nitrogen and oxygen atoms in total. The molecule has 0 spiro atoms. The lowest BCUT2D eigenvalue weighted by molar-refractivity contribution is 0.0702. The van der Waals surface area contributed by atoms with Gasteiger partial charge in [0, 0.05) is 23.5 Å². The molecule has 0 bridgehead atoms. The Labute approximate surface area is 197 Å². The van der Waals surface area contributed by atoms with Crippen LogP contribution in [0.2, 0.25) is 0 Å². The highest BCUT2D eigenvalue weighted by molar-refractivity contribution is 7.17. The van der Waals surface area contributed by atoms with Gasteiger partial charge in [-0.15, -0.1) is 11.3 Å². The van der Waals surface area contributed by atoms with Crippen molar-refractivity contribution >= 4 is 22.9 Å². The van der Waals surface area contributed by atoms with E-state index in [9.17, 15) is 9.90 Å². The van der Waals surface area contributed by atoms with E-state index in [1.165, 1.54) is 68.4 Å². The highest BCUT2D eigenvalue weighted by atomic mass is 32.1. The first-order valence-electron chi connectivity index (χ1n) is 12.4. The smallest absolute Gasteiger partial charge is 0.346 e. The zero-order chi connectivity index (χ0) is 22.5. The number of hydrogen-bond acceptors (Lipinski definition) is 3. The molecule has 1 aliphatic carbocycles. The van der Waals surface area contributed by atoms with Crippen molar-refractivity contribution in [3.05, 3.63) is 52.4 Å². The number of carboxylic acid groups (broad SMARTS) is 1. The molecule has 0 radical (unpaired) electrons. The van der Waals surface area contributed by atoms with Gasteiger partial charge in [0.05, 0.1) is 0 Å². The number of unbranched alkanes of at least 4 members (excludes halogenated alkanes) is 2. The van der Waals surface area contributed by atoms with Crippen LogP contribution >= 0.6 is 11.3 Å². The van der Waals surface area contributed by atoms with Crippen molar-refractivity contribution in [3.8, 4) is 10.4 Å². The monoisotopic (exact) mass is 451 g/mol. The lowest BCUT2D eigenvalue weighted by Crippen LogP contribution is -2.35. The molecule has 172 valence electrons. The molecule has 4 rings (SSSR count). The summed E-state index contributed by atoms with van der Waals surface area (Å²) in [5, 5.41) is 10.1. The standard InChI is InChI=1S/C28H37NO2S/c1-3-4-8-16-29-17-15-23(25(19-29)21-13-11-20(2)12-14-21)24-18-26(32-27(24)28(30)31)22-9-6-5-7-10-22/h5-7,9-10,18,20-21H,3-4,8,11-17,19H2,1-2H3,(H,30,31). The number of benzene rings is 1. The number of aromatic carboxylic acids is 1. The van der Waals surface area contributed by atoms with Crippen LogP contribution in [0.5, 0.6) is 0 Å². The van der Waals surface area contributed by atoms with Gasteiger partial charge in [0.2, 0.25) is 0 Å². The molecule has 1 aromatic heterocycles. The van der Waals surface area contributed by atoms with Crippen molar-refractivity contribution < 1.29 is 9.90 Å². The Balaban J connectivity index is 1.71. The molecule has 4 heteroatoms. The summed E-state index contributed by atoms with van der Waals surface area (Å²) >= 11 is 1.43. The van der Waals surface area contributed by atoms with Crippen LogP contribution in [-0.4, -0.2) is 35.6 Å². The van der Waals surface area contributed by atoms with Gasteiger partial charge in [-0.3, -0.25) is 4.90 Å². The van der Waals surface area contributed by atoms with E-state index in [0.717, 1.165) is 41.4 Å². The SMILES string of the molecule is CCCCCN1CCC(c2cc(-c3ccccc3)sc2C(=O)O)=C(C2CCC(C)CC2)C1. The van der Waals surface area contributed by atoms with Gasteiger partial charge in [0.15, 0.2) is 0 Å². The van der Waals surface area contributed by atoms with Crippen LogP contribution in [0.3, 0.4) is 0 Å². The second-order valence-corrected chi connectivity index (χ2v) is 10.8. The number of hydrogen-bond donors (Lipinski definition) is 1. The Hall–Kier alpha value is -1.91. The van der Waals surface area contributed by atoms with E-state index in [1.807, 2.05) is 18.2 Å². The minimum absolute atomic E-state index is 0.514. The number of rotatable bonds is 8. The topological polar surface area (TPSA) is 40.5 Å². The molecule has 0 saturated heterocycles. The van der Waals surface area contributed by atoms with Crippen LogP contribution in [0.1, 0.15) is 80.4 Å². The average Bonchev–Trinajstić information content (AvgIpc) is 3.26. The number of carbonyl (C=O) groups is 1. The van der Waals surface area contributed by atoms with Gasteiger partial charge in [-0.25, -0.2) is 4.79 Å². The minimum Gasteiger partial charge on any atom is -0.477 e. The van der Waals surface area contributed by atoms with Crippen molar-refractivity contribution in [2.45, 2.75) is 65.2 Å². The summed E-state index contributed by atoms with van der Waals surface area (Å²) in [4.78, 5) is 16.4. The number of carboxylic acids is 1. The molecule has 2 aliphatic rings. The third-order valence-electron chi connectivity index (χ3n) is 7.36. The fourth-order valence-electron chi connectivity index (χ4n) is 5.43. The summed E-state index contributed by atoms with van der Waals surface area (Å²) in [5.74, 6) is 0.638. The minimum atomic E-state index is -0.790. The van der Waals surface area contributed by atoms with E-state index in [2.05, 4.69) is 36.9 Å². The van der Waals surface area contributed by atoms with Gasteiger partial charge < -0.3 is 5.11 Å². The Morgan fingerprint density at radius 3 is 2.56 bits per heavy atom. The van der Waals surface area contributed by atoms with E-state index in [1.54, 1.807) is 5.57 Å². The van der Waals surface area contributed by atoms with E-state index < -0.39 is 5.97 Å². The lowest BCUT2D eigenvalue weighted by atomic mass is 9.75. The van der Waals surface area contributed by atoms with E-state index in [-0.39, 0.29) is 0 Å². The van der Waals surface area contributed by atoms with Crippen LogP contribution in [-0.2, 0) is 0 Å². The molecule has 1 N–H and O–H groups in total. The molecule has 32 heavy (non-hydrogen) atoms.